The van der Waals surface area contributed by atoms with E-state index in [0.717, 1.165) is 49.2 Å². The zero-order valence-corrected chi connectivity index (χ0v) is 21.6. The molecule has 0 bridgehead atoms. The first-order chi connectivity index (χ1) is 16.3. The van der Waals surface area contributed by atoms with E-state index in [1.807, 2.05) is 6.07 Å². The lowest BCUT2D eigenvalue weighted by Gasteiger charge is -2.30. The molecule has 1 aliphatic carbocycles. The van der Waals surface area contributed by atoms with Crippen LogP contribution in [0.15, 0.2) is 46.5 Å². The van der Waals surface area contributed by atoms with Crippen molar-refractivity contribution in [2.75, 3.05) is 13.1 Å². The Morgan fingerprint density at radius 3 is 2.71 bits per heavy atom. The van der Waals surface area contributed by atoms with Gasteiger partial charge in [0, 0.05) is 24.9 Å². The summed E-state index contributed by atoms with van der Waals surface area (Å²) in [6.45, 7) is 3.22. The Kier molecular flexibility index (Phi) is 6.95. The first-order valence-electron chi connectivity index (χ1n) is 11.9. The molecule has 3 aromatic rings. The van der Waals surface area contributed by atoms with Crippen LogP contribution >= 0.6 is 23.4 Å². The molecule has 1 saturated heterocycles. The number of rotatable bonds is 6. The van der Waals surface area contributed by atoms with Gasteiger partial charge in [-0.3, -0.25) is 0 Å². The van der Waals surface area contributed by atoms with Gasteiger partial charge in [-0.25, -0.2) is 17.8 Å². The molecule has 2 heterocycles. The van der Waals surface area contributed by atoms with Crippen LogP contribution in [0.2, 0.25) is 5.02 Å². The summed E-state index contributed by atoms with van der Waals surface area (Å²) in [5, 5.41) is 0.909. The minimum atomic E-state index is -3.56. The van der Waals surface area contributed by atoms with Gasteiger partial charge >= 0.3 is 0 Å². The molecule has 0 spiro atoms. The van der Waals surface area contributed by atoms with Crippen LogP contribution in [0.3, 0.4) is 0 Å². The van der Waals surface area contributed by atoms with Gasteiger partial charge in [0.15, 0.2) is 5.16 Å². The molecule has 0 amide bonds. The highest BCUT2D eigenvalue weighted by molar-refractivity contribution is 7.98. The highest BCUT2D eigenvalue weighted by Gasteiger charge is 2.30. The third-order valence-electron chi connectivity index (χ3n) is 6.96. The molecule has 0 radical (unpaired) electrons. The molecule has 9 heteroatoms. The van der Waals surface area contributed by atoms with Crippen molar-refractivity contribution in [3.63, 3.8) is 0 Å². The molecule has 182 valence electrons. The Morgan fingerprint density at radius 1 is 1.15 bits per heavy atom. The van der Waals surface area contributed by atoms with E-state index >= 15 is 0 Å². The van der Waals surface area contributed by atoms with Crippen molar-refractivity contribution in [2.45, 2.75) is 67.3 Å². The smallest absolute Gasteiger partial charge is 0.243 e. The van der Waals surface area contributed by atoms with Gasteiger partial charge in [0.2, 0.25) is 10.0 Å². The van der Waals surface area contributed by atoms with Gasteiger partial charge in [-0.05, 0) is 61.4 Å². The van der Waals surface area contributed by atoms with Gasteiger partial charge in [-0.1, -0.05) is 55.3 Å². The number of fused-ring (bicyclic) bond motifs is 1. The number of piperidine rings is 1. The molecule has 2 fully saturated rings. The predicted octanol–water partition coefficient (Wildman–Crippen LogP) is 6.66. The molecular formula is C25H29ClFN3O2S2. The second-order valence-electron chi connectivity index (χ2n) is 9.47. The fraction of sp³-hybridized carbons (Fsp3) is 0.480. The number of sulfonamides is 1. The van der Waals surface area contributed by atoms with Crippen molar-refractivity contribution >= 4 is 44.4 Å². The van der Waals surface area contributed by atoms with E-state index in [0.29, 0.717) is 46.8 Å². The fourth-order valence-electron chi connectivity index (χ4n) is 5.15. The van der Waals surface area contributed by atoms with Crippen molar-refractivity contribution in [1.82, 2.24) is 13.9 Å². The number of aromatic nitrogens is 2. The second-order valence-corrected chi connectivity index (χ2v) is 12.8. The largest absolute Gasteiger partial charge is 0.316 e. The number of nitrogens with zero attached hydrogens (tertiary/aromatic N) is 3. The normalized spacial score (nSPS) is 20.4. The minimum Gasteiger partial charge on any atom is -0.316 e. The Morgan fingerprint density at radius 2 is 1.94 bits per heavy atom. The first-order valence-corrected chi connectivity index (χ1v) is 14.7. The van der Waals surface area contributed by atoms with E-state index in [9.17, 15) is 12.8 Å². The number of thioether (sulfide) groups is 1. The Bertz CT molecular complexity index is 1300. The lowest BCUT2D eigenvalue weighted by Crippen LogP contribution is -2.39. The summed E-state index contributed by atoms with van der Waals surface area (Å²) in [5.41, 5.74) is 2.14. The Balaban J connectivity index is 1.50. The third kappa shape index (κ3) is 4.62. The van der Waals surface area contributed by atoms with Crippen LogP contribution in [-0.4, -0.2) is 35.4 Å². The molecule has 5 rings (SSSR count). The van der Waals surface area contributed by atoms with Crippen molar-refractivity contribution in [1.29, 1.82) is 0 Å². The van der Waals surface area contributed by atoms with E-state index < -0.39 is 15.8 Å². The molecule has 1 aromatic heterocycles. The lowest BCUT2D eigenvalue weighted by molar-refractivity contribution is 0.281. The van der Waals surface area contributed by atoms with E-state index in [4.69, 9.17) is 16.6 Å². The summed E-state index contributed by atoms with van der Waals surface area (Å²) in [6, 6.07) is 10.7. The average Bonchev–Trinajstić information content (AvgIpc) is 3.47. The number of hydrogen-bond acceptors (Lipinski definition) is 4. The topological polar surface area (TPSA) is 55.2 Å². The molecule has 1 atom stereocenters. The summed E-state index contributed by atoms with van der Waals surface area (Å²) in [6.07, 6.45) is 6.41. The van der Waals surface area contributed by atoms with Crippen LogP contribution in [0.25, 0.3) is 11.0 Å². The standard InChI is InChI=1S/C25H29ClFN3O2S2/c1-17-6-5-13-29(15-17)34(31,32)20-11-12-23-22(14-20)28-25(30(23)19-8-2-3-9-19)33-16-18-7-4-10-21(26)24(18)27/h4,7,10-12,14,17,19H,2-3,5-6,8-9,13,15-16H2,1H3/t17-/m1/s1. The van der Waals surface area contributed by atoms with Crippen LogP contribution in [0.5, 0.6) is 0 Å². The van der Waals surface area contributed by atoms with Crippen LogP contribution in [0.4, 0.5) is 4.39 Å². The summed E-state index contributed by atoms with van der Waals surface area (Å²) in [4.78, 5) is 5.14. The fourth-order valence-corrected chi connectivity index (χ4v) is 8.02. The summed E-state index contributed by atoms with van der Waals surface area (Å²) in [5.74, 6) is 0.368. The number of imidazole rings is 1. The number of hydrogen-bond donors (Lipinski definition) is 0. The first kappa shape index (κ1) is 24.1. The van der Waals surface area contributed by atoms with Gasteiger partial charge in [0.05, 0.1) is 21.0 Å². The summed E-state index contributed by atoms with van der Waals surface area (Å²) < 4.78 is 45.0. The SMILES string of the molecule is C[C@@H]1CCCN(S(=O)(=O)c2ccc3c(c2)nc(SCc2cccc(Cl)c2F)n3C2CCCC2)C1. The maximum Gasteiger partial charge on any atom is 0.243 e. The zero-order valence-electron chi connectivity index (χ0n) is 19.2. The minimum absolute atomic E-state index is 0.115. The molecular weight excluding hydrogens is 493 g/mol. The van der Waals surface area contributed by atoms with Gasteiger partial charge in [-0.2, -0.15) is 4.31 Å². The highest BCUT2D eigenvalue weighted by Crippen LogP contribution is 2.38. The number of benzene rings is 2. The van der Waals surface area contributed by atoms with Crippen LogP contribution < -0.4 is 0 Å². The van der Waals surface area contributed by atoms with Crippen molar-refractivity contribution < 1.29 is 12.8 Å². The molecule has 34 heavy (non-hydrogen) atoms. The maximum absolute atomic E-state index is 14.5. The maximum atomic E-state index is 14.5. The van der Waals surface area contributed by atoms with E-state index in [-0.39, 0.29) is 5.02 Å². The van der Waals surface area contributed by atoms with E-state index in [2.05, 4.69) is 11.5 Å². The molecule has 1 aliphatic heterocycles. The van der Waals surface area contributed by atoms with Gasteiger partial charge in [-0.15, -0.1) is 0 Å². The van der Waals surface area contributed by atoms with Crippen LogP contribution in [0, 0.1) is 11.7 Å². The van der Waals surface area contributed by atoms with Crippen molar-refractivity contribution in [3.8, 4) is 0 Å². The van der Waals surface area contributed by atoms with Crippen LogP contribution in [0.1, 0.15) is 57.1 Å². The average molecular weight is 522 g/mol. The van der Waals surface area contributed by atoms with Crippen LogP contribution in [-0.2, 0) is 15.8 Å². The van der Waals surface area contributed by atoms with E-state index in [1.165, 1.54) is 11.8 Å². The Hall–Kier alpha value is -1.61. The second kappa shape index (κ2) is 9.80. The quantitative estimate of drug-likeness (QED) is 0.340. The molecule has 1 saturated carbocycles. The summed E-state index contributed by atoms with van der Waals surface area (Å²) >= 11 is 7.43. The lowest BCUT2D eigenvalue weighted by atomic mass is 10.0. The molecule has 0 unspecified atom stereocenters. The van der Waals surface area contributed by atoms with Crippen molar-refractivity contribution in [3.05, 3.63) is 52.8 Å². The van der Waals surface area contributed by atoms with Crippen molar-refractivity contribution in [2.24, 2.45) is 5.92 Å². The molecule has 0 N–H and O–H groups in total. The van der Waals surface area contributed by atoms with E-state index in [1.54, 1.807) is 34.6 Å². The molecule has 2 aromatic carbocycles. The monoisotopic (exact) mass is 521 g/mol. The third-order valence-corrected chi connectivity index (χ3v) is 10.1. The van der Waals surface area contributed by atoms with Gasteiger partial charge < -0.3 is 4.57 Å². The van der Waals surface area contributed by atoms with Gasteiger partial charge in [0.1, 0.15) is 5.82 Å². The number of halogens is 2. The summed E-state index contributed by atoms with van der Waals surface area (Å²) in [7, 11) is -3.56. The Labute approximate surface area is 209 Å². The molecule has 2 aliphatic rings. The highest BCUT2D eigenvalue weighted by atomic mass is 35.5. The zero-order chi connectivity index (χ0) is 23.9. The predicted molar refractivity (Wildman–Crippen MR) is 135 cm³/mol. The molecule has 5 nitrogen and oxygen atoms in total. The van der Waals surface area contributed by atoms with Gasteiger partial charge in [0.25, 0.3) is 0 Å².